The zero-order valence-corrected chi connectivity index (χ0v) is 14.4. The molecule has 0 radical (unpaired) electrons. The molecule has 1 saturated heterocycles. The number of hydrogen-bond donors (Lipinski definition) is 1. The Morgan fingerprint density at radius 2 is 2.17 bits per heavy atom. The monoisotopic (exact) mass is 315 g/mol. The van der Waals surface area contributed by atoms with Crippen molar-refractivity contribution in [2.45, 2.75) is 46.0 Å². The number of rotatable bonds is 4. The van der Waals surface area contributed by atoms with E-state index in [-0.39, 0.29) is 5.91 Å². The van der Waals surface area contributed by atoms with Crippen molar-refractivity contribution in [2.75, 3.05) is 13.1 Å². The third-order valence-corrected chi connectivity index (χ3v) is 4.81. The van der Waals surface area contributed by atoms with Crippen LogP contribution in [0, 0.1) is 20.8 Å². The summed E-state index contributed by atoms with van der Waals surface area (Å²) in [6.45, 7) is 7.62. The van der Waals surface area contributed by atoms with Crippen LogP contribution < -0.4 is 0 Å². The summed E-state index contributed by atoms with van der Waals surface area (Å²) in [7, 11) is 2.03. The number of nitrogens with zero attached hydrogens (tertiary/aromatic N) is 4. The van der Waals surface area contributed by atoms with Crippen LogP contribution in [-0.4, -0.2) is 43.6 Å². The number of likely N-dealkylation sites (tertiary alicyclic amines) is 1. The van der Waals surface area contributed by atoms with Gasteiger partial charge in [0.05, 0.1) is 11.4 Å². The highest BCUT2D eigenvalue weighted by Gasteiger charge is 2.29. The maximum Gasteiger partial charge on any atom is 0.222 e. The minimum absolute atomic E-state index is 0.235. The number of amides is 1. The van der Waals surface area contributed by atoms with Gasteiger partial charge in [0.25, 0.3) is 0 Å². The number of nitrogens with one attached hydrogen (secondary N) is 1. The maximum absolute atomic E-state index is 12.5. The molecular formula is C17H25N5O. The van der Waals surface area contributed by atoms with Crippen molar-refractivity contribution in [1.29, 1.82) is 0 Å². The molecule has 1 aliphatic rings. The second-order valence-electron chi connectivity index (χ2n) is 6.59. The predicted octanol–water partition coefficient (Wildman–Crippen LogP) is 2.02. The Balaban J connectivity index is 1.58. The minimum atomic E-state index is 0.235. The topological polar surface area (TPSA) is 66.8 Å². The third-order valence-electron chi connectivity index (χ3n) is 4.81. The van der Waals surface area contributed by atoms with Gasteiger partial charge in [0.1, 0.15) is 5.82 Å². The number of H-pyrrole nitrogens is 1. The highest BCUT2D eigenvalue weighted by molar-refractivity contribution is 5.77. The van der Waals surface area contributed by atoms with Gasteiger partial charge in [0, 0.05) is 44.4 Å². The normalized spacial score (nSPS) is 17.9. The fraction of sp³-hybridized carbons (Fsp3) is 0.588. The van der Waals surface area contributed by atoms with Crippen LogP contribution in [-0.2, 0) is 18.3 Å². The molecule has 0 spiro atoms. The van der Waals surface area contributed by atoms with E-state index in [9.17, 15) is 4.79 Å². The lowest BCUT2D eigenvalue weighted by molar-refractivity contribution is -0.130. The molecule has 0 bridgehead atoms. The van der Waals surface area contributed by atoms with Crippen LogP contribution in [0.5, 0.6) is 0 Å². The SMILES string of the molecule is Cc1cn(C)c(C2CCN(C(=O)CCc3c(C)n[nH]c3C)C2)n1. The second kappa shape index (κ2) is 6.18. The number of carbonyl (C=O) groups is 1. The van der Waals surface area contributed by atoms with Crippen molar-refractivity contribution in [3.63, 3.8) is 0 Å². The summed E-state index contributed by atoms with van der Waals surface area (Å²) < 4.78 is 2.09. The van der Waals surface area contributed by atoms with E-state index in [0.29, 0.717) is 12.3 Å². The minimum Gasteiger partial charge on any atom is -0.342 e. The van der Waals surface area contributed by atoms with Crippen LogP contribution in [0.2, 0.25) is 0 Å². The molecule has 6 heteroatoms. The van der Waals surface area contributed by atoms with Crippen molar-refractivity contribution in [3.8, 4) is 0 Å². The van der Waals surface area contributed by atoms with E-state index in [4.69, 9.17) is 0 Å². The summed E-state index contributed by atoms with van der Waals surface area (Å²) in [6, 6.07) is 0. The molecule has 1 N–H and O–H groups in total. The zero-order chi connectivity index (χ0) is 16.6. The van der Waals surface area contributed by atoms with Crippen LogP contribution in [0.1, 0.15) is 47.2 Å². The number of imidazole rings is 1. The Morgan fingerprint density at radius 3 is 2.78 bits per heavy atom. The van der Waals surface area contributed by atoms with Crippen molar-refractivity contribution >= 4 is 5.91 Å². The molecule has 1 fully saturated rings. The maximum atomic E-state index is 12.5. The highest BCUT2D eigenvalue weighted by atomic mass is 16.2. The Hall–Kier alpha value is -2.11. The first kappa shape index (κ1) is 15.8. The average Bonchev–Trinajstić information content (AvgIpc) is 3.18. The van der Waals surface area contributed by atoms with E-state index in [1.165, 1.54) is 5.56 Å². The van der Waals surface area contributed by atoms with Gasteiger partial charge in [-0.05, 0) is 39.2 Å². The molecule has 3 rings (SSSR count). The lowest BCUT2D eigenvalue weighted by atomic mass is 10.1. The number of aromatic amines is 1. The summed E-state index contributed by atoms with van der Waals surface area (Å²) in [4.78, 5) is 19.1. The lowest BCUT2D eigenvalue weighted by Gasteiger charge is -2.16. The molecule has 124 valence electrons. The fourth-order valence-electron chi connectivity index (χ4n) is 3.54. The van der Waals surface area contributed by atoms with Gasteiger partial charge in [-0.15, -0.1) is 0 Å². The molecular weight excluding hydrogens is 290 g/mol. The fourth-order valence-corrected chi connectivity index (χ4v) is 3.54. The van der Waals surface area contributed by atoms with Gasteiger partial charge in [-0.3, -0.25) is 9.89 Å². The largest absolute Gasteiger partial charge is 0.342 e. The summed E-state index contributed by atoms with van der Waals surface area (Å²) in [5, 5.41) is 7.18. The van der Waals surface area contributed by atoms with Gasteiger partial charge in [0.15, 0.2) is 0 Å². The molecule has 0 saturated carbocycles. The second-order valence-corrected chi connectivity index (χ2v) is 6.59. The molecule has 2 aromatic heterocycles. The van der Waals surface area contributed by atoms with E-state index < -0.39 is 0 Å². The molecule has 0 aromatic carbocycles. The number of hydrogen-bond acceptors (Lipinski definition) is 3. The zero-order valence-electron chi connectivity index (χ0n) is 14.4. The summed E-state index contributed by atoms with van der Waals surface area (Å²) in [5.41, 5.74) is 4.28. The molecule has 1 atom stereocenters. The van der Waals surface area contributed by atoms with Crippen molar-refractivity contribution in [2.24, 2.45) is 7.05 Å². The van der Waals surface area contributed by atoms with Gasteiger partial charge in [-0.1, -0.05) is 0 Å². The van der Waals surface area contributed by atoms with Gasteiger partial charge in [0.2, 0.25) is 5.91 Å². The van der Waals surface area contributed by atoms with Gasteiger partial charge in [-0.2, -0.15) is 5.10 Å². The van der Waals surface area contributed by atoms with Crippen molar-refractivity contribution < 1.29 is 4.79 Å². The molecule has 1 aliphatic heterocycles. The van der Waals surface area contributed by atoms with Gasteiger partial charge < -0.3 is 9.47 Å². The van der Waals surface area contributed by atoms with Crippen LogP contribution in [0.3, 0.4) is 0 Å². The Labute approximate surface area is 136 Å². The number of carbonyl (C=O) groups excluding carboxylic acids is 1. The van der Waals surface area contributed by atoms with Gasteiger partial charge >= 0.3 is 0 Å². The Morgan fingerprint density at radius 1 is 1.39 bits per heavy atom. The molecule has 2 aromatic rings. The van der Waals surface area contributed by atoms with E-state index in [0.717, 1.165) is 48.8 Å². The Bertz CT molecular complexity index is 695. The molecule has 0 aliphatic carbocycles. The molecule has 1 amide bonds. The van der Waals surface area contributed by atoms with Crippen LogP contribution >= 0.6 is 0 Å². The molecule has 1 unspecified atom stereocenters. The number of aryl methyl sites for hydroxylation is 4. The van der Waals surface area contributed by atoms with Crippen LogP contribution in [0.15, 0.2) is 6.20 Å². The lowest BCUT2D eigenvalue weighted by Crippen LogP contribution is -2.29. The highest BCUT2D eigenvalue weighted by Crippen LogP contribution is 2.27. The van der Waals surface area contributed by atoms with E-state index >= 15 is 0 Å². The quantitative estimate of drug-likeness (QED) is 0.938. The van der Waals surface area contributed by atoms with Crippen LogP contribution in [0.4, 0.5) is 0 Å². The summed E-state index contributed by atoms with van der Waals surface area (Å²) in [5.74, 6) is 1.69. The summed E-state index contributed by atoms with van der Waals surface area (Å²) in [6.07, 6.45) is 4.35. The van der Waals surface area contributed by atoms with Crippen molar-refractivity contribution in [3.05, 3.63) is 34.7 Å². The van der Waals surface area contributed by atoms with Gasteiger partial charge in [-0.25, -0.2) is 4.98 Å². The third kappa shape index (κ3) is 3.16. The summed E-state index contributed by atoms with van der Waals surface area (Å²) >= 11 is 0. The standard InChI is InChI=1S/C17H25N5O/c1-11-9-21(4)17(18-11)14-7-8-22(10-14)16(23)6-5-15-12(2)19-20-13(15)3/h9,14H,5-8,10H2,1-4H3,(H,19,20). The molecule has 23 heavy (non-hydrogen) atoms. The first-order valence-corrected chi connectivity index (χ1v) is 8.23. The smallest absolute Gasteiger partial charge is 0.222 e. The van der Waals surface area contributed by atoms with E-state index in [2.05, 4.69) is 19.7 Å². The van der Waals surface area contributed by atoms with E-state index in [1.807, 2.05) is 38.9 Å². The first-order valence-electron chi connectivity index (χ1n) is 8.23. The number of aromatic nitrogens is 4. The van der Waals surface area contributed by atoms with E-state index in [1.54, 1.807) is 0 Å². The first-order chi connectivity index (χ1) is 11.0. The predicted molar refractivity (Wildman–Crippen MR) is 88.3 cm³/mol. The van der Waals surface area contributed by atoms with Crippen LogP contribution in [0.25, 0.3) is 0 Å². The average molecular weight is 315 g/mol. The molecule has 6 nitrogen and oxygen atoms in total. The molecule has 3 heterocycles. The Kier molecular flexibility index (Phi) is 4.24. The van der Waals surface area contributed by atoms with Crippen molar-refractivity contribution in [1.82, 2.24) is 24.6 Å².